The van der Waals surface area contributed by atoms with Gasteiger partial charge in [-0.2, -0.15) is 0 Å². The summed E-state index contributed by atoms with van der Waals surface area (Å²) in [5.41, 5.74) is 1.07. The number of likely N-dealkylation sites (tertiary alicyclic amines) is 1. The van der Waals surface area contributed by atoms with Gasteiger partial charge in [-0.15, -0.1) is 5.10 Å². The predicted molar refractivity (Wildman–Crippen MR) is 79.3 cm³/mol. The summed E-state index contributed by atoms with van der Waals surface area (Å²) in [4.78, 5) is 2.57. The standard InChI is InChI=1S/C15H27N5/c1-2-3-13-6-7-19(11-13)8-9-20-12-15(17-18-20)10-16-14-4-5-14/h12-14,16H,2-11H2,1H3. The summed E-state index contributed by atoms with van der Waals surface area (Å²) in [7, 11) is 0. The molecule has 1 unspecified atom stereocenters. The Morgan fingerprint density at radius 2 is 2.20 bits per heavy atom. The Morgan fingerprint density at radius 3 is 3.00 bits per heavy atom. The lowest BCUT2D eigenvalue weighted by Crippen LogP contribution is -2.25. The lowest BCUT2D eigenvalue weighted by atomic mass is 10.0. The van der Waals surface area contributed by atoms with E-state index in [-0.39, 0.29) is 0 Å². The van der Waals surface area contributed by atoms with Gasteiger partial charge in [0.2, 0.25) is 0 Å². The van der Waals surface area contributed by atoms with Gasteiger partial charge in [0.1, 0.15) is 0 Å². The SMILES string of the molecule is CCCC1CCN(CCn2cc(CNC3CC3)nn2)C1. The molecule has 0 radical (unpaired) electrons. The lowest BCUT2D eigenvalue weighted by Gasteiger charge is -2.15. The van der Waals surface area contributed by atoms with E-state index in [1.165, 1.54) is 45.2 Å². The molecule has 1 aliphatic carbocycles. The molecule has 1 aromatic heterocycles. The first kappa shape index (κ1) is 14.0. The molecule has 3 rings (SSSR count). The molecule has 0 bridgehead atoms. The third-order valence-corrected chi connectivity index (χ3v) is 4.45. The van der Waals surface area contributed by atoms with E-state index < -0.39 is 0 Å². The fourth-order valence-electron chi connectivity index (χ4n) is 3.07. The van der Waals surface area contributed by atoms with Crippen molar-refractivity contribution in [1.29, 1.82) is 0 Å². The topological polar surface area (TPSA) is 46.0 Å². The largest absolute Gasteiger partial charge is 0.308 e. The van der Waals surface area contributed by atoms with Crippen molar-refractivity contribution in [1.82, 2.24) is 25.2 Å². The van der Waals surface area contributed by atoms with Gasteiger partial charge in [0.25, 0.3) is 0 Å². The number of hydrogen-bond donors (Lipinski definition) is 1. The molecule has 5 heteroatoms. The van der Waals surface area contributed by atoms with Crippen LogP contribution in [0.1, 0.15) is 44.7 Å². The van der Waals surface area contributed by atoms with E-state index in [9.17, 15) is 0 Å². The van der Waals surface area contributed by atoms with Crippen molar-refractivity contribution < 1.29 is 0 Å². The summed E-state index contributed by atoms with van der Waals surface area (Å²) in [6, 6.07) is 0.736. The molecule has 2 heterocycles. The highest BCUT2D eigenvalue weighted by molar-refractivity contribution is 4.94. The number of nitrogens with zero attached hydrogens (tertiary/aromatic N) is 4. The second-order valence-electron chi connectivity index (χ2n) is 6.37. The zero-order valence-corrected chi connectivity index (χ0v) is 12.6. The average Bonchev–Trinajstić information content (AvgIpc) is 2.98. The van der Waals surface area contributed by atoms with E-state index in [4.69, 9.17) is 0 Å². The van der Waals surface area contributed by atoms with Crippen LogP contribution in [-0.4, -0.2) is 45.6 Å². The fraction of sp³-hybridized carbons (Fsp3) is 0.867. The van der Waals surface area contributed by atoms with E-state index >= 15 is 0 Å². The second kappa shape index (κ2) is 6.68. The second-order valence-corrected chi connectivity index (χ2v) is 6.37. The molecule has 1 aliphatic heterocycles. The van der Waals surface area contributed by atoms with E-state index in [1.54, 1.807) is 0 Å². The first-order valence-electron chi connectivity index (χ1n) is 8.18. The molecule has 1 saturated carbocycles. The van der Waals surface area contributed by atoms with Crippen LogP contribution in [0.25, 0.3) is 0 Å². The van der Waals surface area contributed by atoms with Crippen molar-refractivity contribution >= 4 is 0 Å². The van der Waals surface area contributed by atoms with Crippen molar-refractivity contribution in [3.05, 3.63) is 11.9 Å². The summed E-state index contributed by atoms with van der Waals surface area (Å²) >= 11 is 0. The first-order valence-corrected chi connectivity index (χ1v) is 8.18. The van der Waals surface area contributed by atoms with Gasteiger partial charge >= 0.3 is 0 Å². The van der Waals surface area contributed by atoms with Crippen LogP contribution in [0.4, 0.5) is 0 Å². The van der Waals surface area contributed by atoms with Crippen LogP contribution in [0.15, 0.2) is 6.20 Å². The van der Waals surface area contributed by atoms with Crippen LogP contribution in [0.5, 0.6) is 0 Å². The van der Waals surface area contributed by atoms with Crippen molar-refractivity contribution in [3.8, 4) is 0 Å². The highest BCUT2D eigenvalue weighted by atomic mass is 15.4. The number of hydrogen-bond acceptors (Lipinski definition) is 4. The van der Waals surface area contributed by atoms with E-state index in [0.29, 0.717) is 0 Å². The minimum absolute atomic E-state index is 0.736. The third-order valence-electron chi connectivity index (χ3n) is 4.45. The summed E-state index contributed by atoms with van der Waals surface area (Å²) < 4.78 is 2.00. The Balaban J connectivity index is 1.37. The average molecular weight is 277 g/mol. The van der Waals surface area contributed by atoms with Crippen LogP contribution in [0.3, 0.4) is 0 Å². The molecule has 0 aromatic carbocycles. The normalized spacial score (nSPS) is 23.6. The molecular weight excluding hydrogens is 250 g/mol. The van der Waals surface area contributed by atoms with Gasteiger partial charge in [0, 0.05) is 31.9 Å². The Labute approximate surface area is 121 Å². The van der Waals surface area contributed by atoms with E-state index in [0.717, 1.165) is 37.3 Å². The monoisotopic (exact) mass is 277 g/mol. The van der Waals surface area contributed by atoms with Gasteiger partial charge in [-0.1, -0.05) is 18.6 Å². The van der Waals surface area contributed by atoms with Crippen molar-refractivity contribution in [2.75, 3.05) is 19.6 Å². The van der Waals surface area contributed by atoms with Gasteiger partial charge in [-0.05, 0) is 38.1 Å². The molecule has 1 aromatic rings. The fourth-order valence-corrected chi connectivity index (χ4v) is 3.07. The molecule has 1 saturated heterocycles. The van der Waals surface area contributed by atoms with Crippen LogP contribution < -0.4 is 5.32 Å². The lowest BCUT2D eigenvalue weighted by molar-refractivity contribution is 0.299. The molecular formula is C15H27N5. The molecule has 112 valence electrons. The van der Waals surface area contributed by atoms with Gasteiger partial charge in [-0.25, -0.2) is 0 Å². The molecule has 20 heavy (non-hydrogen) atoms. The zero-order valence-electron chi connectivity index (χ0n) is 12.6. The zero-order chi connectivity index (χ0) is 13.8. The Kier molecular flexibility index (Phi) is 4.68. The summed E-state index contributed by atoms with van der Waals surface area (Å²) in [6.07, 6.45) is 8.82. The number of rotatable bonds is 8. The summed E-state index contributed by atoms with van der Waals surface area (Å²) in [5, 5.41) is 11.9. The molecule has 2 fully saturated rings. The smallest absolute Gasteiger partial charge is 0.0964 e. The molecule has 0 amide bonds. The summed E-state index contributed by atoms with van der Waals surface area (Å²) in [6.45, 7) is 7.77. The molecule has 1 N–H and O–H groups in total. The van der Waals surface area contributed by atoms with Crippen LogP contribution in [-0.2, 0) is 13.1 Å². The molecule has 0 spiro atoms. The number of aromatic nitrogens is 3. The quantitative estimate of drug-likeness (QED) is 0.785. The van der Waals surface area contributed by atoms with E-state index in [1.807, 2.05) is 4.68 Å². The van der Waals surface area contributed by atoms with Crippen molar-refractivity contribution in [3.63, 3.8) is 0 Å². The first-order chi connectivity index (χ1) is 9.83. The van der Waals surface area contributed by atoms with E-state index in [2.05, 4.69) is 33.6 Å². The highest BCUT2D eigenvalue weighted by Gasteiger charge is 2.22. The molecule has 5 nitrogen and oxygen atoms in total. The minimum Gasteiger partial charge on any atom is -0.308 e. The maximum Gasteiger partial charge on any atom is 0.0964 e. The Hall–Kier alpha value is -0.940. The molecule has 1 atom stereocenters. The minimum atomic E-state index is 0.736. The maximum atomic E-state index is 4.24. The highest BCUT2D eigenvalue weighted by Crippen LogP contribution is 2.20. The van der Waals surface area contributed by atoms with Crippen LogP contribution >= 0.6 is 0 Å². The van der Waals surface area contributed by atoms with Gasteiger partial charge in [0.05, 0.1) is 12.2 Å². The predicted octanol–water partition coefficient (Wildman–Crippen LogP) is 1.65. The van der Waals surface area contributed by atoms with Gasteiger partial charge in [0.15, 0.2) is 0 Å². The third kappa shape index (κ3) is 4.03. The van der Waals surface area contributed by atoms with Crippen LogP contribution in [0, 0.1) is 5.92 Å². The maximum absolute atomic E-state index is 4.24. The summed E-state index contributed by atoms with van der Waals surface area (Å²) in [5.74, 6) is 0.925. The van der Waals surface area contributed by atoms with Crippen molar-refractivity contribution in [2.45, 2.75) is 58.2 Å². The Bertz CT molecular complexity index is 412. The van der Waals surface area contributed by atoms with Gasteiger partial charge < -0.3 is 10.2 Å². The number of nitrogens with one attached hydrogen (secondary N) is 1. The van der Waals surface area contributed by atoms with Crippen LogP contribution in [0.2, 0.25) is 0 Å². The Morgan fingerprint density at radius 1 is 1.30 bits per heavy atom. The van der Waals surface area contributed by atoms with Crippen molar-refractivity contribution in [2.24, 2.45) is 5.92 Å². The molecule has 2 aliphatic rings. The van der Waals surface area contributed by atoms with Gasteiger partial charge in [-0.3, -0.25) is 4.68 Å².